The molecule has 17 heavy (non-hydrogen) atoms. The highest BCUT2D eigenvalue weighted by molar-refractivity contribution is 4.87. The van der Waals surface area contributed by atoms with Crippen LogP contribution in [0.5, 0.6) is 0 Å². The largest absolute Gasteiger partial charge is 0.100 e. The summed E-state index contributed by atoms with van der Waals surface area (Å²) >= 11 is 0. The number of unbranched alkanes of at least 4 members (excludes halogenated alkanes) is 2. The van der Waals surface area contributed by atoms with Crippen molar-refractivity contribution >= 4 is 0 Å². The molecule has 100 valence electrons. The molecule has 0 saturated heterocycles. The predicted octanol–water partition coefficient (Wildman–Crippen LogP) is 6.12. The van der Waals surface area contributed by atoms with Crippen LogP contribution in [0.15, 0.2) is 12.2 Å². The molecule has 0 heterocycles. The maximum atomic E-state index is 3.98. The lowest BCUT2D eigenvalue weighted by Crippen LogP contribution is -2.19. The molecule has 0 aromatic rings. The van der Waals surface area contributed by atoms with Crippen LogP contribution in [0, 0.1) is 11.8 Å². The molecule has 0 aromatic carbocycles. The van der Waals surface area contributed by atoms with Crippen LogP contribution in [0.4, 0.5) is 0 Å². The summed E-state index contributed by atoms with van der Waals surface area (Å²) in [6.07, 6.45) is 15.9. The van der Waals surface area contributed by atoms with Gasteiger partial charge in [0.2, 0.25) is 0 Å². The second-order valence-corrected chi connectivity index (χ2v) is 6.15. The molecule has 0 radical (unpaired) electrons. The van der Waals surface area contributed by atoms with Crippen molar-refractivity contribution in [3.8, 4) is 0 Å². The fraction of sp³-hybridized carbons (Fsp3) is 0.882. The third-order valence-corrected chi connectivity index (χ3v) is 4.40. The van der Waals surface area contributed by atoms with Crippen molar-refractivity contribution in [2.75, 3.05) is 0 Å². The van der Waals surface area contributed by atoms with Gasteiger partial charge in [-0.25, -0.2) is 0 Å². The summed E-state index contributed by atoms with van der Waals surface area (Å²) in [7, 11) is 0. The highest BCUT2D eigenvalue weighted by atomic mass is 14.3. The number of hydrogen-bond donors (Lipinski definition) is 0. The zero-order chi connectivity index (χ0) is 12.5. The van der Waals surface area contributed by atoms with Gasteiger partial charge in [-0.3, -0.25) is 0 Å². The smallest absolute Gasteiger partial charge is 0.0326 e. The molecule has 0 heteroatoms. The first-order valence-electron chi connectivity index (χ1n) is 7.88. The molecule has 2 atom stereocenters. The Kier molecular flexibility index (Phi) is 7.64. The first-order chi connectivity index (χ1) is 8.24. The summed E-state index contributed by atoms with van der Waals surface area (Å²) in [4.78, 5) is 0. The summed E-state index contributed by atoms with van der Waals surface area (Å²) in [6.45, 7) is 8.48. The van der Waals surface area contributed by atoms with Gasteiger partial charge >= 0.3 is 0 Å². The van der Waals surface area contributed by atoms with Crippen LogP contribution >= 0.6 is 0 Å². The monoisotopic (exact) mass is 236 g/mol. The van der Waals surface area contributed by atoms with Crippen molar-refractivity contribution in [3.05, 3.63) is 12.2 Å². The van der Waals surface area contributed by atoms with E-state index in [-0.39, 0.29) is 0 Å². The normalized spacial score (nSPS) is 24.8. The van der Waals surface area contributed by atoms with Gasteiger partial charge in [-0.05, 0) is 31.6 Å². The Hall–Kier alpha value is -0.260. The molecule has 1 aliphatic rings. The summed E-state index contributed by atoms with van der Waals surface area (Å²) in [6, 6.07) is 0. The fourth-order valence-electron chi connectivity index (χ4n) is 3.43. The molecule has 0 bridgehead atoms. The summed E-state index contributed by atoms with van der Waals surface area (Å²) < 4.78 is 0. The Morgan fingerprint density at radius 1 is 1.00 bits per heavy atom. The average molecular weight is 236 g/mol. The van der Waals surface area contributed by atoms with Gasteiger partial charge in [0, 0.05) is 0 Å². The lowest BCUT2D eigenvalue weighted by molar-refractivity contribution is 0.205. The lowest BCUT2D eigenvalue weighted by Gasteiger charge is -2.31. The van der Waals surface area contributed by atoms with Crippen molar-refractivity contribution in [2.24, 2.45) is 11.8 Å². The third kappa shape index (κ3) is 6.29. The molecule has 1 aliphatic carbocycles. The van der Waals surface area contributed by atoms with Crippen molar-refractivity contribution < 1.29 is 0 Å². The Balaban J connectivity index is 2.12. The van der Waals surface area contributed by atoms with Gasteiger partial charge in [-0.1, -0.05) is 70.3 Å². The molecule has 1 saturated carbocycles. The molecule has 1 rings (SSSR count). The number of rotatable bonds is 8. The van der Waals surface area contributed by atoms with Gasteiger partial charge in [-0.2, -0.15) is 0 Å². The van der Waals surface area contributed by atoms with Crippen molar-refractivity contribution in [1.82, 2.24) is 0 Å². The zero-order valence-corrected chi connectivity index (χ0v) is 12.1. The van der Waals surface area contributed by atoms with Gasteiger partial charge in [-0.15, -0.1) is 6.58 Å². The Morgan fingerprint density at radius 2 is 1.65 bits per heavy atom. The number of allylic oxidation sites excluding steroid dienone is 1. The minimum atomic E-state index is 1.06. The van der Waals surface area contributed by atoms with Crippen molar-refractivity contribution in [1.29, 1.82) is 0 Å². The van der Waals surface area contributed by atoms with Gasteiger partial charge in [0.05, 0.1) is 0 Å². The molecule has 0 spiro atoms. The van der Waals surface area contributed by atoms with Gasteiger partial charge in [0.25, 0.3) is 0 Å². The second-order valence-electron chi connectivity index (χ2n) is 6.15. The van der Waals surface area contributed by atoms with E-state index in [0.717, 1.165) is 11.8 Å². The maximum Gasteiger partial charge on any atom is -0.0326 e. The molecule has 0 amide bonds. The van der Waals surface area contributed by atoms with Crippen LogP contribution in [-0.4, -0.2) is 0 Å². The summed E-state index contributed by atoms with van der Waals surface area (Å²) in [5, 5.41) is 0. The quantitative estimate of drug-likeness (QED) is 0.352. The van der Waals surface area contributed by atoms with E-state index in [1.807, 2.05) is 0 Å². The average Bonchev–Trinajstić information content (AvgIpc) is 2.31. The SMILES string of the molecule is C=C(C)CCCCCC1CCCCC1CCC. The minimum absolute atomic E-state index is 1.06. The molecule has 0 aliphatic heterocycles. The molecular formula is C17H32. The molecule has 0 N–H and O–H groups in total. The molecule has 1 fully saturated rings. The van der Waals surface area contributed by atoms with E-state index in [2.05, 4.69) is 20.4 Å². The third-order valence-electron chi connectivity index (χ3n) is 4.40. The maximum absolute atomic E-state index is 3.98. The van der Waals surface area contributed by atoms with Crippen LogP contribution in [0.3, 0.4) is 0 Å². The molecule has 0 nitrogen and oxygen atoms in total. The standard InChI is InChI=1S/C17H32/c1-4-10-16-13-8-9-14-17(16)12-7-5-6-11-15(2)3/h16-17H,2,4-14H2,1,3H3. The topological polar surface area (TPSA) is 0 Å². The van der Waals surface area contributed by atoms with E-state index < -0.39 is 0 Å². The second kappa shape index (κ2) is 8.78. The summed E-state index contributed by atoms with van der Waals surface area (Å²) in [5.41, 5.74) is 1.35. The Bertz CT molecular complexity index is 202. The first-order valence-corrected chi connectivity index (χ1v) is 7.88. The fourth-order valence-corrected chi connectivity index (χ4v) is 3.43. The molecular weight excluding hydrogens is 204 g/mol. The van der Waals surface area contributed by atoms with Gasteiger partial charge in [0.15, 0.2) is 0 Å². The van der Waals surface area contributed by atoms with E-state index in [9.17, 15) is 0 Å². The zero-order valence-electron chi connectivity index (χ0n) is 12.1. The van der Waals surface area contributed by atoms with Crippen molar-refractivity contribution in [3.63, 3.8) is 0 Å². The van der Waals surface area contributed by atoms with E-state index in [1.54, 1.807) is 0 Å². The van der Waals surface area contributed by atoms with Crippen molar-refractivity contribution in [2.45, 2.75) is 84.5 Å². The van der Waals surface area contributed by atoms with Crippen LogP contribution < -0.4 is 0 Å². The molecule has 0 aromatic heterocycles. The van der Waals surface area contributed by atoms with E-state index in [4.69, 9.17) is 0 Å². The number of hydrogen-bond acceptors (Lipinski definition) is 0. The highest BCUT2D eigenvalue weighted by Gasteiger charge is 2.23. The van der Waals surface area contributed by atoms with Crippen LogP contribution in [0.25, 0.3) is 0 Å². The summed E-state index contributed by atoms with van der Waals surface area (Å²) in [5.74, 6) is 2.13. The van der Waals surface area contributed by atoms with Gasteiger partial charge in [0.1, 0.15) is 0 Å². The van der Waals surface area contributed by atoms with E-state index in [0.29, 0.717) is 0 Å². The molecule has 2 unspecified atom stereocenters. The van der Waals surface area contributed by atoms with E-state index >= 15 is 0 Å². The van der Waals surface area contributed by atoms with Crippen LogP contribution in [-0.2, 0) is 0 Å². The highest BCUT2D eigenvalue weighted by Crippen LogP contribution is 2.36. The van der Waals surface area contributed by atoms with E-state index in [1.165, 1.54) is 76.2 Å². The lowest BCUT2D eigenvalue weighted by atomic mass is 9.75. The Morgan fingerprint density at radius 3 is 2.24 bits per heavy atom. The van der Waals surface area contributed by atoms with Crippen LogP contribution in [0.1, 0.15) is 84.5 Å². The Labute approximate surface area is 109 Å². The minimum Gasteiger partial charge on any atom is -0.100 e. The van der Waals surface area contributed by atoms with Crippen LogP contribution in [0.2, 0.25) is 0 Å². The van der Waals surface area contributed by atoms with Gasteiger partial charge < -0.3 is 0 Å². The predicted molar refractivity (Wildman–Crippen MR) is 78.3 cm³/mol. The first kappa shape index (κ1) is 14.8.